The first kappa shape index (κ1) is 16.0. The zero-order valence-electron chi connectivity index (χ0n) is 11.6. The van der Waals surface area contributed by atoms with Crippen LogP contribution in [0.4, 0.5) is 0 Å². The lowest BCUT2D eigenvalue weighted by atomic mass is 10.1. The Labute approximate surface area is 119 Å². The summed E-state index contributed by atoms with van der Waals surface area (Å²) in [5.74, 6) is -0.146. The van der Waals surface area contributed by atoms with Crippen molar-refractivity contribution in [1.82, 2.24) is 10.2 Å². The van der Waals surface area contributed by atoms with Crippen LogP contribution in [0.1, 0.15) is 12.5 Å². The maximum atomic E-state index is 11.8. The molecule has 1 unspecified atom stereocenters. The molecule has 0 bridgehead atoms. The van der Waals surface area contributed by atoms with E-state index < -0.39 is 5.60 Å². The van der Waals surface area contributed by atoms with E-state index in [0.717, 1.165) is 5.56 Å². The van der Waals surface area contributed by atoms with Gasteiger partial charge in [0.2, 0.25) is 5.91 Å². The normalized spacial score (nSPS) is 14.2. The van der Waals surface area contributed by atoms with Crippen LogP contribution in [0, 0.1) is 0 Å². The summed E-state index contributed by atoms with van der Waals surface area (Å²) in [5, 5.41) is 13.4. The molecule has 5 heteroatoms. The highest BCUT2D eigenvalue weighted by Crippen LogP contribution is 2.15. The molecule has 19 heavy (non-hydrogen) atoms. The second-order valence-electron chi connectivity index (χ2n) is 5.28. The van der Waals surface area contributed by atoms with Gasteiger partial charge in [0.25, 0.3) is 0 Å². The van der Waals surface area contributed by atoms with Gasteiger partial charge in [-0.25, -0.2) is 0 Å². The van der Waals surface area contributed by atoms with Gasteiger partial charge in [-0.2, -0.15) is 0 Å². The largest absolute Gasteiger partial charge is 0.387 e. The Morgan fingerprint density at radius 1 is 1.42 bits per heavy atom. The van der Waals surface area contributed by atoms with Gasteiger partial charge in [0.15, 0.2) is 0 Å². The lowest BCUT2D eigenvalue weighted by molar-refractivity contribution is -0.121. The lowest BCUT2D eigenvalue weighted by Gasteiger charge is -2.27. The van der Waals surface area contributed by atoms with Gasteiger partial charge in [-0.1, -0.05) is 29.8 Å². The van der Waals surface area contributed by atoms with Gasteiger partial charge in [0, 0.05) is 18.1 Å². The van der Waals surface area contributed by atoms with E-state index in [1.54, 1.807) is 13.0 Å². The van der Waals surface area contributed by atoms with Crippen molar-refractivity contribution in [3.8, 4) is 0 Å². The zero-order chi connectivity index (χ0) is 14.5. The van der Waals surface area contributed by atoms with Crippen molar-refractivity contribution in [3.05, 3.63) is 34.9 Å². The van der Waals surface area contributed by atoms with E-state index >= 15 is 0 Å². The highest BCUT2D eigenvalue weighted by Gasteiger charge is 2.22. The molecular formula is C14H21ClN2O2. The number of amides is 1. The third-order valence-electron chi connectivity index (χ3n) is 2.63. The van der Waals surface area contributed by atoms with E-state index in [9.17, 15) is 9.90 Å². The van der Waals surface area contributed by atoms with Crippen LogP contribution in [0.15, 0.2) is 24.3 Å². The second-order valence-corrected chi connectivity index (χ2v) is 5.69. The van der Waals surface area contributed by atoms with E-state index in [1.165, 1.54) is 0 Å². The molecule has 0 aromatic heterocycles. The Kier molecular flexibility index (Phi) is 5.79. The number of benzene rings is 1. The lowest BCUT2D eigenvalue weighted by Crippen LogP contribution is -2.47. The zero-order valence-corrected chi connectivity index (χ0v) is 12.4. The average Bonchev–Trinajstić information content (AvgIpc) is 2.28. The van der Waals surface area contributed by atoms with Crippen LogP contribution in [-0.2, 0) is 11.2 Å². The number of likely N-dealkylation sites (N-methyl/N-ethyl adjacent to an activating group) is 1. The summed E-state index contributed by atoms with van der Waals surface area (Å²) in [7, 11) is 3.75. The Hall–Kier alpha value is -1.10. The van der Waals surface area contributed by atoms with Crippen molar-refractivity contribution in [2.75, 3.05) is 27.2 Å². The van der Waals surface area contributed by atoms with Crippen LogP contribution in [-0.4, -0.2) is 48.7 Å². The summed E-state index contributed by atoms with van der Waals surface area (Å²) in [5.41, 5.74) is -0.159. The molecule has 0 spiro atoms. The Bertz CT molecular complexity index is 433. The van der Waals surface area contributed by atoms with Crippen molar-refractivity contribution in [2.45, 2.75) is 18.9 Å². The number of hydrogen-bond donors (Lipinski definition) is 2. The predicted molar refractivity (Wildman–Crippen MR) is 77.3 cm³/mol. The molecule has 1 aromatic carbocycles. The van der Waals surface area contributed by atoms with Gasteiger partial charge in [0.05, 0.1) is 12.0 Å². The molecule has 106 valence electrons. The number of carbonyl (C=O) groups is 1. The molecule has 0 saturated carbocycles. The van der Waals surface area contributed by atoms with E-state index in [2.05, 4.69) is 5.32 Å². The van der Waals surface area contributed by atoms with Crippen molar-refractivity contribution in [2.24, 2.45) is 0 Å². The summed E-state index contributed by atoms with van der Waals surface area (Å²) in [6, 6.07) is 7.24. The topological polar surface area (TPSA) is 52.6 Å². The van der Waals surface area contributed by atoms with Crippen molar-refractivity contribution >= 4 is 17.5 Å². The third-order valence-corrected chi connectivity index (χ3v) is 3.00. The Morgan fingerprint density at radius 2 is 2.05 bits per heavy atom. The summed E-state index contributed by atoms with van der Waals surface area (Å²) in [6.07, 6.45) is 0.220. The fourth-order valence-corrected chi connectivity index (χ4v) is 2.11. The number of hydrogen-bond acceptors (Lipinski definition) is 3. The molecule has 4 nitrogen and oxygen atoms in total. The quantitative estimate of drug-likeness (QED) is 0.828. The van der Waals surface area contributed by atoms with E-state index in [-0.39, 0.29) is 18.9 Å². The monoisotopic (exact) mass is 284 g/mol. The van der Waals surface area contributed by atoms with Crippen molar-refractivity contribution < 1.29 is 9.90 Å². The predicted octanol–water partition coefficient (Wildman–Crippen LogP) is 1.31. The average molecular weight is 285 g/mol. The molecule has 0 fully saturated rings. The van der Waals surface area contributed by atoms with Gasteiger partial charge >= 0.3 is 0 Å². The molecular weight excluding hydrogens is 264 g/mol. The van der Waals surface area contributed by atoms with Gasteiger partial charge < -0.3 is 15.3 Å². The first-order valence-corrected chi connectivity index (χ1v) is 6.55. The molecule has 1 atom stereocenters. The minimum absolute atomic E-state index is 0.146. The fraction of sp³-hybridized carbons (Fsp3) is 0.500. The number of carbonyl (C=O) groups excluding carboxylic acids is 1. The minimum Gasteiger partial charge on any atom is -0.387 e. The van der Waals surface area contributed by atoms with Crippen molar-refractivity contribution in [3.63, 3.8) is 0 Å². The minimum atomic E-state index is -0.945. The summed E-state index contributed by atoms with van der Waals surface area (Å²) >= 11 is 5.99. The SMILES string of the molecule is CN(C)CC(C)(O)CNC(=O)Cc1ccccc1Cl. The fourth-order valence-electron chi connectivity index (χ4n) is 1.90. The van der Waals surface area contributed by atoms with Gasteiger partial charge in [0.1, 0.15) is 0 Å². The molecule has 0 radical (unpaired) electrons. The molecule has 2 N–H and O–H groups in total. The van der Waals surface area contributed by atoms with E-state index in [0.29, 0.717) is 11.6 Å². The molecule has 0 aliphatic carbocycles. The number of nitrogens with one attached hydrogen (secondary N) is 1. The molecule has 1 amide bonds. The van der Waals surface area contributed by atoms with Crippen LogP contribution >= 0.6 is 11.6 Å². The first-order valence-electron chi connectivity index (χ1n) is 6.17. The molecule has 0 heterocycles. The van der Waals surface area contributed by atoms with Crippen molar-refractivity contribution in [1.29, 1.82) is 0 Å². The number of aliphatic hydroxyl groups is 1. The first-order chi connectivity index (χ1) is 8.80. The Balaban J connectivity index is 2.46. The smallest absolute Gasteiger partial charge is 0.224 e. The highest BCUT2D eigenvalue weighted by molar-refractivity contribution is 6.31. The van der Waals surface area contributed by atoms with Gasteiger partial charge in [-0.3, -0.25) is 4.79 Å². The van der Waals surface area contributed by atoms with Crippen LogP contribution < -0.4 is 5.32 Å². The molecule has 0 aliphatic heterocycles. The second kappa shape index (κ2) is 6.89. The highest BCUT2D eigenvalue weighted by atomic mass is 35.5. The van der Waals surface area contributed by atoms with Gasteiger partial charge in [-0.05, 0) is 32.6 Å². The molecule has 0 aliphatic rings. The third kappa shape index (κ3) is 6.05. The standard InChI is InChI=1S/C14H21ClN2O2/c1-14(19,10-17(2)3)9-16-13(18)8-11-6-4-5-7-12(11)15/h4-7,19H,8-10H2,1-3H3,(H,16,18). The Morgan fingerprint density at radius 3 is 2.63 bits per heavy atom. The van der Waals surface area contributed by atoms with Crippen LogP contribution in [0.5, 0.6) is 0 Å². The van der Waals surface area contributed by atoms with E-state index in [4.69, 9.17) is 11.6 Å². The summed E-state index contributed by atoms with van der Waals surface area (Å²) in [6.45, 7) is 2.40. The number of nitrogens with zero attached hydrogens (tertiary/aromatic N) is 1. The number of halogens is 1. The van der Waals surface area contributed by atoms with Crippen LogP contribution in [0.25, 0.3) is 0 Å². The maximum absolute atomic E-state index is 11.8. The summed E-state index contributed by atoms with van der Waals surface area (Å²) < 4.78 is 0. The maximum Gasteiger partial charge on any atom is 0.224 e. The molecule has 1 aromatic rings. The van der Waals surface area contributed by atoms with Gasteiger partial charge in [-0.15, -0.1) is 0 Å². The van der Waals surface area contributed by atoms with Crippen LogP contribution in [0.2, 0.25) is 5.02 Å². The number of rotatable bonds is 6. The molecule has 1 rings (SSSR count). The van der Waals surface area contributed by atoms with Crippen LogP contribution in [0.3, 0.4) is 0 Å². The summed E-state index contributed by atoms with van der Waals surface area (Å²) in [4.78, 5) is 13.7. The van der Waals surface area contributed by atoms with E-state index in [1.807, 2.05) is 37.2 Å². The molecule has 0 saturated heterocycles.